The van der Waals surface area contributed by atoms with E-state index in [0.29, 0.717) is 16.1 Å². The first kappa shape index (κ1) is 21.5. The molecule has 3 aromatic rings. The predicted molar refractivity (Wildman–Crippen MR) is 114 cm³/mol. The minimum absolute atomic E-state index is 0.181. The number of para-hydroxylation sites is 1. The summed E-state index contributed by atoms with van der Waals surface area (Å²) >= 11 is 11.7. The van der Waals surface area contributed by atoms with Gasteiger partial charge in [0.25, 0.3) is 5.91 Å². The van der Waals surface area contributed by atoms with Crippen molar-refractivity contribution in [2.75, 3.05) is 5.32 Å². The van der Waals surface area contributed by atoms with Crippen LogP contribution in [0.2, 0.25) is 10.0 Å². The van der Waals surface area contributed by atoms with Crippen LogP contribution in [0, 0.1) is 13.8 Å². The molecule has 0 unspecified atom stereocenters. The highest BCUT2D eigenvalue weighted by atomic mass is 35.5. The molecule has 144 valence electrons. The Bertz CT molecular complexity index is 948. The number of carbonyl (C=O) groups excluding carboxylic acids is 1. The molecule has 0 bridgehead atoms. The second kappa shape index (κ2) is 9.93. The zero-order chi connectivity index (χ0) is 20.7. The number of anilines is 1. The van der Waals surface area contributed by atoms with Gasteiger partial charge >= 0.3 is 5.97 Å². The number of halogens is 2. The van der Waals surface area contributed by atoms with Gasteiger partial charge in [-0.25, -0.2) is 4.79 Å². The van der Waals surface area contributed by atoms with Gasteiger partial charge < -0.3 is 10.4 Å². The largest absolute Gasteiger partial charge is 0.478 e. The summed E-state index contributed by atoms with van der Waals surface area (Å²) in [5, 5.41) is 12.2. The molecule has 1 amide bonds. The van der Waals surface area contributed by atoms with Crippen molar-refractivity contribution in [2.24, 2.45) is 0 Å². The number of aromatic carboxylic acids is 1. The number of carboxylic acid groups (broad SMARTS) is 1. The van der Waals surface area contributed by atoms with Crippen LogP contribution in [0.5, 0.6) is 0 Å². The van der Waals surface area contributed by atoms with Crippen molar-refractivity contribution in [3.63, 3.8) is 0 Å². The Morgan fingerprint density at radius 2 is 1.25 bits per heavy atom. The van der Waals surface area contributed by atoms with E-state index in [4.69, 9.17) is 28.3 Å². The van der Waals surface area contributed by atoms with Gasteiger partial charge in [-0.3, -0.25) is 4.79 Å². The van der Waals surface area contributed by atoms with Crippen LogP contribution in [-0.2, 0) is 0 Å². The van der Waals surface area contributed by atoms with E-state index in [1.807, 2.05) is 49.4 Å². The molecule has 0 aliphatic heterocycles. The van der Waals surface area contributed by atoms with Gasteiger partial charge in [0.2, 0.25) is 0 Å². The van der Waals surface area contributed by atoms with E-state index >= 15 is 0 Å². The van der Waals surface area contributed by atoms with Gasteiger partial charge in [0, 0.05) is 5.69 Å². The summed E-state index contributed by atoms with van der Waals surface area (Å²) in [4.78, 5) is 22.6. The van der Waals surface area contributed by atoms with E-state index in [1.54, 1.807) is 31.2 Å². The fraction of sp³-hybridized carbons (Fsp3) is 0.0909. The predicted octanol–water partition coefficient (Wildman–Crippen LogP) is 6.25. The topological polar surface area (TPSA) is 66.4 Å². The van der Waals surface area contributed by atoms with Gasteiger partial charge in [0.15, 0.2) is 0 Å². The Morgan fingerprint density at radius 3 is 1.68 bits per heavy atom. The number of aryl methyl sites for hydroxylation is 2. The number of carboxylic acids is 1. The van der Waals surface area contributed by atoms with E-state index < -0.39 is 5.97 Å². The fourth-order valence-electron chi connectivity index (χ4n) is 2.54. The van der Waals surface area contributed by atoms with Gasteiger partial charge in [-0.2, -0.15) is 0 Å². The molecule has 0 saturated carbocycles. The van der Waals surface area contributed by atoms with Gasteiger partial charge in [0.05, 0.1) is 21.2 Å². The molecule has 2 N–H and O–H groups in total. The van der Waals surface area contributed by atoms with Crippen LogP contribution in [0.4, 0.5) is 5.69 Å². The molecule has 0 atom stereocenters. The SMILES string of the molecule is Cc1cccc(Cl)c1C(=O)Nc1ccccc1.Cc1cccc(Cl)c1C(=O)O. The van der Waals surface area contributed by atoms with Crippen LogP contribution in [0.25, 0.3) is 0 Å². The summed E-state index contributed by atoms with van der Waals surface area (Å²) in [6.07, 6.45) is 0. The second-order valence-electron chi connectivity index (χ2n) is 5.99. The highest BCUT2D eigenvalue weighted by Crippen LogP contribution is 2.21. The maximum Gasteiger partial charge on any atom is 0.337 e. The summed E-state index contributed by atoms with van der Waals surface area (Å²) in [7, 11) is 0. The van der Waals surface area contributed by atoms with E-state index in [2.05, 4.69) is 5.32 Å². The average Bonchev–Trinajstić information content (AvgIpc) is 2.62. The summed E-state index contributed by atoms with van der Waals surface area (Å²) in [6.45, 7) is 3.58. The normalized spacial score (nSPS) is 9.86. The number of amides is 1. The Hall–Kier alpha value is -2.82. The number of hydrogen-bond acceptors (Lipinski definition) is 2. The van der Waals surface area contributed by atoms with Gasteiger partial charge in [-0.15, -0.1) is 0 Å². The molecule has 28 heavy (non-hydrogen) atoms. The van der Waals surface area contributed by atoms with Gasteiger partial charge in [0.1, 0.15) is 0 Å². The van der Waals surface area contributed by atoms with E-state index in [9.17, 15) is 9.59 Å². The monoisotopic (exact) mass is 415 g/mol. The van der Waals surface area contributed by atoms with Crippen molar-refractivity contribution in [1.29, 1.82) is 0 Å². The Balaban J connectivity index is 0.000000221. The van der Waals surface area contributed by atoms with Gasteiger partial charge in [-0.1, -0.05) is 65.7 Å². The third kappa shape index (κ3) is 5.59. The third-order valence-corrected chi connectivity index (χ3v) is 4.55. The van der Waals surface area contributed by atoms with Crippen LogP contribution in [0.15, 0.2) is 66.7 Å². The highest BCUT2D eigenvalue weighted by Gasteiger charge is 2.13. The van der Waals surface area contributed by atoms with E-state index in [0.717, 1.165) is 11.3 Å². The standard InChI is InChI=1S/C14H12ClNO.C8H7ClO2/c1-10-6-5-9-12(15)13(10)14(17)16-11-7-3-2-4-8-11;1-5-3-2-4-6(9)7(5)8(10)11/h2-9H,1H3,(H,16,17);2-4H,1H3,(H,10,11). The molecule has 0 radical (unpaired) electrons. The maximum absolute atomic E-state index is 12.1. The van der Waals surface area contributed by atoms with Gasteiger partial charge in [-0.05, 0) is 49.2 Å². The molecule has 0 aliphatic rings. The van der Waals surface area contributed by atoms with E-state index in [-0.39, 0.29) is 16.5 Å². The lowest BCUT2D eigenvalue weighted by Gasteiger charge is -2.09. The van der Waals surface area contributed by atoms with Crippen LogP contribution < -0.4 is 5.32 Å². The Kier molecular flexibility index (Phi) is 7.61. The molecular weight excluding hydrogens is 397 g/mol. The third-order valence-electron chi connectivity index (χ3n) is 3.92. The minimum Gasteiger partial charge on any atom is -0.478 e. The lowest BCUT2D eigenvalue weighted by Crippen LogP contribution is -2.13. The Morgan fingerprint density at radius 1 is 0.750 bits per heavy atom. The number of rotatable bonds is 3. The van der Waals surface area contributed by atoms with Crippen molar-refractivity contribution >= 4 is 40.8 Å². The zero-order valence-electron chi connectivity index (χ0n) is 15.4. The minimum atomic E-state index is -0.979. The van der Waals surface area contributed by atoms with Crippen molar-refractivity contribution in [3.8, 4) is 0 Å². The molecule has 0 spiro atoms. The van der Waals surface area contributed by atoms with Crippen molar-refractivity contribution in [3.05, 3.63) is 99.0 Å². The first-order valence-corrected chi connectivity index (χ1v) is 9.16. The van der Waals surface area contributed by atoms with Crippen LogP contribution in [0.3, 0.4) is 0 Å². The van der Waals surface area contributed by atoms with Crippen LogP contribution >= 0.6 is 23.2 Å². The molecular formula is C22H19Cl2NO3. The first-order valence-electron chi connectivity index (χ1n) is 8.41. The average molecular weight is 416 g/mol. The molecule has 0 saturated heterocycles. The number of carbonyl (C=O) groups is 2. The van der Waals surface area contributed by atoms with Crippen molar-refractivity contribution < 1.29 is 14.7 Å². The summed E-state index contributed by atoms with van der Waals surface area (Å²) in [5.74, 6) is -1.16. The number of benzene rings is 3. The Labute approximate surface area is 173 Å². The zero-order valence-corrected chi connectivity index (χ0v) is 16.9. The fourth-order valence-corrected chi connectivity index (χ4v) is 3.15. The summed E-state index contributed by atoms with van der Waals surface area (Å²) in [6, 6.07) is 19.7. The van der Waals surface area contributed by atoms with E-state index in [1.165, 1.54) is 0 Å². The molecule has 4 nitrogen and oxygen atoms in total. The molecule has 6 heteroatoms. The molecule has 0 aliphatic carbocycles. The second-order valence-corrected chi connectivity index (χ2v) is 6.80. The molecule has 3 aromatic carbocycles. The molecule has 0 heterocycles. The highest BCUT2D eigenvalue weighted by molar-refractivity contribution is 6.34. The maximum atomic E-state index is 12.1. The summed E-state index contributed by atoms with van der Waals surface area (Å²) in [5.41, 5.74) is 3.03. The number of nitrogens with one attached hydrogen (secondary N) is 1. The van der Waals surface area contributed by atoms with Crippen molar-refractivity contribution in [1.82, 2.24) is 0 Å². The summed E-state index contributed by atoms with van der Waals surface area (Å²) < 4.78 is 0. The number of hydrogen-bond donors (Lipinski definition) is 2. The van der Waals surface area contributed by atoms with Crippen LogP contribution in [0.1, 0.15) is 31.8 Å². The molecule has 3 rings (SSSR count). The quantitative estimate of drug-likeness (QED) is 0.531. The first-order chi connectivity index (χ1) is 13.3. The molecule has 0 aromatic heterocycles. The van der Waals surface area contributed by atoms with Crippen molar-refractivity contribution in [2.45, 2.75) is 13.8 Å². The molecule has 0 fully saturated rings. The smallest absolute Gasteiger partial charge is 0.337 e. The lowest BCUT2D eigenvalue weighted by molar-refractivity contribution is 0.0696. The van der Waals surface area contributed by atoms with Crippen LogP contribution in [-0.4, -0.2) is 17.0 Å². The lowest BCUT2D eigenvalue weighted by atomic mass is 10.1.